The number of carbonyl (C=O) groups excluding carboxylic acids is 3. The van der Waals surface area contributed by atoms with Gasteiger partial charge in [-0.1, -0.05) is 48.0 Å². The number of hydrogen-bond donors (Lipinski definition) is 2. The van der Waals surface area contributed by atoms with E-state index in [0.717, 1.165) is 34.4 Å². The molecule has 1 heterocycles. The quantitative estimate of drug-likeness (QED) is 0.722. The normalized spacial score (nSPS) is 21.3. The minimum atomic E-state index is -1.06. The summed E-state index contributed by atoms with van der Waals surface area (Å²) < 4.78 is 0. The highest BCUT2D eigenvalue weighted by Crippen LogP contribution is 2.39. The van der Waals surface area contributed by atoms with Crippen molar-refractivity contribution in [2.75, 3.05) is 6.54 Å². The summed E-state index contributed by atoms with van der Waals surface area (Å²) in [5.74, 6) is -0.716. The van der Waals surface area contributed by atoms with Crippen molar-refractivity contribution in [3.05, 3.63) is 70.2 Å². The highest BCUT2D eigenvalue weighted by molar-refractivity contribution is 6.30. The Balaban J connectivity index is 1.43. The molecule has 7 heteroatoms. The van der Waals surface area contributed by atoms with Crippen molar-refractivity contribution in [2.45, 2.75) is 44.2 Å². The molecular weight excluding hydrogens is 402 g/mol. The molecule has 0 aromatic heterocycles. The molecule has 1 saturated heterocycles. The van der Waals surface area contributed by atoms with E-state index >= 15 is 0 Å². The standard InChI is InChI=1S/C23H24ClN3O3/c1-15(12-16-6-4-9-18(24)13-16)25-20(28)14-27-21(29)23(26-22(27)30)11-5-8-17-7-2-3-10-19(17)23/h2-4,6-7,9-10,13,15H,5,8,11-12,14H2,1H3,(H,25,28)(H,26,30)/t15-,23-/m0/s1. The van der Waals surface area contributed by atoms with Crippen LogP contribution in [0.4, 0.5) is 4.79 Å². The summed E-state index contributed by atoms with van der Waals surface area (Å²) in [4.78, 5) is 39.5. The van der Waals surface area contributed by atoms with Crippen LogP contribution in [-0.2, 0) is 28.0 Å². The first-order valence-electron chi connectivity index (χ1n) is 10.2. The first kappa shape index (κ1) is 20.4. The minimum absolute atomic E-state index is 0.166. The van der Waals surface area contributed by atoms with Crippen LogP contribution in [0.25, 0.3) is 0 Å². The fraction of sp³-hybridized carbons (Fsp3) is 0.348. The van der Waals surface area contributed by atoms with Gasteiger partial charge in [0.1, 0.15) is 12.1 Å². The van der Waals surface area contributed by atoms with Gasteiger partial charge in [0, 0.05) is 11.1 Å². The first-order chi connectivity index (χ1) is 14.4. The van der Waals surface area contributed by atoms with Gasteiger partial charge in [0.2, 0.25) is 5.91 Å². The minimum Gasteiger partial charge on any atom is -0.352 e. The van der Waals surface area contributed by atoms with Crippen molar-refractivity contribution in [1.29, 1.82) is 0 Å². The van der Waals surface area contributed by atoms with Crippen molar-refractivity contribution in [2.24, 2.45) is 0 Å². The van der Waals surface area contributed by atoms with Crippen LogP contribution in [0.5, 0.6) is 0 Å². The molecule has 0 radical (unpaired) electrons. The smallest absolute Gasteiger partial charge is 0.325 e. The van der Waals surface area contributed by atoms with Gasteiger partial charge in [-0.2, -0.15) is 0 Å². The summed E-state index contributed by atoms with van der Waals surface area (Å²) in [6.07, 6.45) is 2.82. The van der Waals surface area contributed by atoms with E-state index in [2.05, 4.69) is 10.6 Å². The summed E-state index contributed by atoms with van der Waals surface area (Å²) in [5.41, 5.74) is 1.85. The zero-order valence-electron chi connectivity index (χ0n) is 16.8. The number of nitrogens with one attached hydrogen (secondary N) is 2. The Morgan fingerprint density at radius 2 is 2.03 bits per heavy atom. The van der Waals surface area contributed by atoms with Crippen LogP contribution in [0.3, 0.4) is 0 Å². The van der Waals surface area contributed by atoms with Crippen LogP contribution in [0.15, 0.2) is 48.5 Å². The first-order valence-corrected chi connectivity index (χ1v) is 10.5. The lowest BCUT2D eigenvalue weighted by Crippen LogP contribution is -2.47. The molecule has 0 bridgehead atoms. The molecule has 0 saturated carbocycles. The fourth-order valence-corrected chi connectivity index (χ4v) is 4.70. The van der Waals surface area contributed by atoms with Crippen molar-refractivity contribution >= 4 is 29.4 Å². The summed E-state index contributed by atoms with van der Waals surface area (Å²) >= 11 is 6.01. The molecule has 1 spiro atoms. The molecule has 2 aliphatic rings. The number of aryl methyl sites for hydroxylation is 1. The van der Waals surface area contributed by atoms with Crippen LogP contribution >= 0.6 is 11.6 Å². The molecule has 1 aliphatic carbocycles. The summed E-state index contributed by atoms with van der Waals surface area (Å²) in [7, 11) is 0. The molecular formula is C23H24ClN3O3. The van der Waals surface area contributed by atoms with E-state index in [1.165, 1.54) is 0 Å². The van der Waals surface area contributed by atoms with Gasteiger partial charge < -0.3 is 10.6 Å². The van der Waals surface area contributed by atoms with E-state index in [4.69, 9.17) is 11.6 Å². The van der Waals surface area contributed by atoms with E-state index in [9.17, 15) is 14.4 Å². The number of benzene rings is 2. The molecule has 0 unspecified atom stereocenters. The van der Waals surface area contributed by atoms with Gasteiger partial charge in [-0.15, -0.1) is 0 Å². The van der Waals surface area contributed by atoms with E-state index < -0.39 is 11.6 Å². The Morgan fingerprint density at radius 1 is 1.23 bits per heavy atom. The Labute approximate surface area is 180 Å². The summed E-state index contributed by atoms with van der Waals surface area (Å²) in [5, 5.41) is 6.39. The fourth-order valence-electron chi connectivity index (χ4n) is 4.49. The lowest BCUT2D eigenvalue weighted by atomic mass is 9.76. The lowest BCUT2D eigenvalue weighted by molar-refractivity contribution is -0.135. The van der Waals surface area contributed by atoms with Gasteiger partial charge in [-0.3, -0.25) is 14.5 Å². The molecule has 2 aromatic rings. The molecule has 4 amide bonds. The predicted molar refractivity (Wildman–Crippen MR) is 114 cm³/mol. The number of amides is 4. The number of carbonyl (C=O) groups is 3. The molecule has 1 fully saturated rings. The highest BCUT2D eigenvalue weighted by atomic mass is 35.5. The molecule has 4 rings (SSSR count). The monoisotopic (exact) mass is 425 g/mol. The maximum atomic E-state index is 13.3. The van der Waals surface area contributed by atoms with E-state index in [1.807, 2.05) is 49.4 Å². The second-order valence-corrected chi connectivity index (χ2v) is 8.48. The Morgan fingerprint density at radius 3 is 2.83 bits per heavy atom. The SMILES string of the molecule is C[C@@H](Cc1cccc(Cl)c1)NC(=O)CN1C(=O)N[C@]2(CCCc3ccccc32)C1=O. The average Bonchev–Trinajstić information content (AvgIpc) is 2.93. The van der Waals surface area contributed by atoms with Crippen LogP contribution in [0, 0.1) is 0 Å². The number of halogens is 1. The number of fused-ring (bicyclic) bond motifs is 2. The molecule has 30 heavy (non-hydrogen) atoms. The molecule has 6 nitrogen and oxygen atoms in total. The molecule has 2 aromatic carbocycles. The second-order valence-electron chi connectivity index (χ2n) is 8.04. The zero-order chi connectivity index (χ0) is 21.3. The van der Waals surface area contributed by atoms with Crippen molar-refractivity contribution in [3.8, 4) is 0 Å². The summed E-state index contributed by atoms with van der Waals surface area (Å²) in [6, 6.07) is 14.5. The highest BCUT2D eigenvalue weighted by Gasteiger charge is 2.54. The van der Waals surface area contributed by atoms with Crippen molar-refractivity contribution in [1.82, 2.24) is 15.5 Å². The Kier molecular flexibility index (Phi) is 5.52. The van der Waals surface area contributed by atoms with E-state index in [1.54, 1.807) is 6.07 Å². The number of hydrogen-bond acceptors (Lipinski definition) is 3. The van der Waals surface area contributed by atoms with Crippen LogP contribution < -0.4 is 10.6 Å². The number of imide groups is 1. The second kappa shape index (κ2) is 8.11. The predicted octanol–water partition coefficient (Wildman–Crippen LogP) is 3.17. The average molecular weight is 426 g/mol. The number of nitrogens with zero attached hydrogens (tertiary/aromatic N) is 1. The number of rotatable bonds is 5. The molecule has 156 valence electrons. The largest absolute Gasteiger partial charge is 0.352 e. The van der Waals surface area contributed by atoms with Gasteiger partial charge in [0.05, 0.1) is 0 Å². The summed E-state index contributed by atoms with van der Waals surface area (Å²) in [6.45, 7) is 1.58. The zero-order valence-corrected chi connectivity index (χ0v) is 17.5. The Bertz CT molecular complexity index is 1010. The maximum absolute atomic E-state index is 13.3. The van der Waals surface area contributed by atoms with Gasteiger partial charge >= 0.3 is 6.03 Å². The number of urea groups is 1. The lowest BCUT2D eigenvalue weighted by Gasteiger charge is -2.33. The van der Waals surface area contributed by atoms with Crippen molar-refractivity contribution in [3.63, 3.8) is 0 Å². The van der Waals surface area contributed by atoms with E-state index in [0.29, 0.717) is 17.9 Å². The van der Waals surface area contributed by atoms with Crippen molar-refractivity contribution < 1.29 is 14.4 Å². The van der Waals surface area contributed by atoms with Gasteiger partial charge in [0.25, 0.3) is 5.91 Å². The molecule has 2 atom stereocenters. The Hall–Kier alpha value is -2.86. The topological polar surface area (TPSA) is 78.5 Å². The third kappa shape index (κ3) is 3.79. The van der Waals surface area contributed by atoms with Crippen LogP contribution in [-0.4, -0.2) is 35.3 Å². The van der Waals surface area contributed by atoms with Crippen LogP contribution in [0.2, 0.25) is 5.02 Å². The molecule has 2 N–H and O–H groups in total. The van der Waals surface area contributed by atoms with Gasteiger partial charge in [-0.25, -0.2) is 4.79 Å². The maximum Gasteiger partial charge on any atom is 0.325 e. The van der Waals surface area contributed by atoms with Crippen LogP contribution in [0.1, 0.15) is 36.5 Å². The third-order valence-corrected chi connectivity index (χ3v) is 6.03. The van der Waals surface area contributed by atoms with E-state index in [-0.39, 0.29) is 24.4 Å². The van der Waals surface area contributed by atoms with Gasteiger partial charge in [0.15, 0.2) is 0 Å². The molecule has 1 aliphatic heterocycles. The van der Waals surface area contributed by atoms with Gasteiger partial charge in [-0.05, 0) is 61.4 Å². The third-order valence-electron chi connectivity index (χ3n) is 5.79.